The summed E-state index contributed by atoms with van der Waals surface area (Å²) in [6.45, 7) is 4.77. The van der Waals surface area contributed by atoms with Crippen LogP contribution in [-0.4, -0.2) is 43.4 Å². The number of amides is 1. The second-order valence-electron chi connectivity index (χ2n) is 8.13. The molecule has 1 aliphatic rings. The molecule has 0 saturated carbocycles. The number of carbonyl (C=O) groups excluding carboxylic acids is 1. The summed E-state index contributed by atoms with van der Waals surface area (Å²) in [5.41, 5.74) is 8.76. The lowest BCUT2D eigenvalue weighted by molar-refractivity contribution is -0.132. The predicted octanol–water partition coefficient (Wildman–Crippen LogP) is 3.16. The van der Waals surface area contributed by atoms with Gasteiger partial charge in [0.15, 0.2) is 11.5 Å². The van der Waals surface area contributed by atoms with Crippen LogP contribution in [0.1, 0.15) is 44.6 Å². The number of carbonyl (C=O) groups is 1. The maximum absolute atomic E-state index is 12.6. The van der Waals surface area contributed by atoms with Gasteiger partial charge in [-0.15, -0.1) is 0 Å². The van der Waals surface area contributed by atoms with E-state index >= 15 is 0 Å². The van der Waals surface area contributed by atoms with Crippen molar-refractivity contribution in [1.82, 2.24) is 24.4 Å². The minimum absolute atomic E-state index is 0.171. The molecule has 0 aliphatic carbocycles. The Bertz CT molecular complexity index is 975. The van der Waals surface area contributed by atoms with Crippen molar-refractivity contribution in [3.05, 3.63) is 48.5 Å². The maximum atomic E-state index is 12.6. The topological polar surface area (TPSA) is 89.9 Å². The normalized spacial score (nSPS) is 16.2. The van der Waals surface area contributed by atoms with E-state index in [-0.39, 0.29) is 11.3 Å². The number of hydrogen-bond acceptors (Lipinski definition) is 5. The van der Waals surface area contributed by atoms with Gasteiger partial charge in [-0.25, -0.2) is 15.0 Å². The molecule has 1 saturated heterocycles. The molecule has 3 aromatic rings. The highest BCUT2D eigenvalue weighted by molar-refractivity contribution is 5.81. The van der Waals surface area contributed by atoms with Gasteiger partial charge < -0.3 is 15.2 Å². The molecule has 0 radical (unpaired) electrons. The van der Waals surface area contributed by atoms with E-state index in [9.17, 15) is 4.79 Å². The number of anilines is 1. The van der Waals surface area contributed by atoms with Crippen molar-refractivity contribution in [2.45, 2.75) is 51.0 Å². The zero-order chi connectivity index (χ0) is 20.3. The summed E-state index contributed by atoms with van der Waals surface area (Å²) in [4.78, 5) is 27.2. The Morgan fingerprint density at radius 1 is 1.10 bits per heavy atom. The van der Waals surface area contributed by atoms with Crippen LogP contribution in [0.15, 0.2) is 43.0 Å². The smallest absolute Gasteiger partial charge is 0.222 e. The number of piperidine rings is 1. The number of fused-ring (bicyclic) bond motifs is 1. The summed E-state index contributed by atoms with van der Waals surface area (Å²) in [5.74, 6) is 0.665. The van der Waals surface area contributed by atoms with E-state index in [1.165, 1.54) is 11.9 Å². The minimum atomic E-state index is 0.171. The van der Waals surface area contributed by atoms with Crippen LogP contribution in [0.5, 0.6) is 0 Å². The van der Waals surface area contributed by atoms with Crippen LogP contribution in [0.2, 0.25) is 0 Å². The number of aromatic nitrogens is 4. The number of nitrogens with zero attached hydrogens (tertiary/aromatic N) is 5. The Kier molecular flexibility index (Phi) is 5.47. The first-order valence-corrected chi connectivity index (χ1v) is 10.3. The molecule has 29 heavy (non-hydrogen) atoms. The first-order valence-electron chi connectivity index (χ1n) is 10.3. The molecule has 7 nitrogen and oxygen atoms in total. The van der Waals surface area contributed by atoms with Gasteiger partial charge in [-0.1, -0.05) is 37.3 Å². The number of hydrogen-bond donors (Lipinski definition) is 1. The summed E-state index contributed by atoms with van der Waals surface area (Å²) in [7, 11) is 0. The van der Waals surface area contributed by atoms with Crippen molar-refractivity contribution in [1.29, 1.82) is 0 Å². The van der Waals surface area contributed by atoms with Crippen molar-refractivity contribution >= 4 is 22.9 Å². The molecule has 2 N–H and O–H groups in total. The fourth-order valence-corrected chi connectivity index (χ4v) is 4.16. The average Bonchev–Trinajstić information content (AvgIpc) is 3.17. The monoisotopic (exact) mass is 392 g/mol. The fraction of sp³-hybridized carbons (Fsp3) is 0.455. The summed E-state index contributed by atoms with van der Waals surface area (Å²) >= 11 is 0. The minimum Gasteiger partial charge on any atom is -0.382 e. The predicted molar refractivity (Wildman–Crippen MR) is 113 cm³/mol. The second kappa shape index (κ2) is 8.19. The Labute approximate surface area is 171 Å². The number of rotatable bonds is 6. The Balaban J connectivity index is 1.24. The van der Waals surface area contributed by atoms with Crippen LogP contribution < -0.4 is 5.73 Å². The molecule has 3 heterocycles. The molecule has 4 rings (SSSR count). The Morgan fingerprint density at radius 3 is 2.62 bits per heavy atom. The van der Waals surface area contributed by atoms with E-state index in [2.05, 4.69) is 52.2 Å². The van der Waals surface area contributed by atoms with Crippen molar-refractivity contribution in [3.8, 4) is 0 Å². The highest BCUT2D eigenvalue weighted by Gasteiger charge is 2.32. The maximum Gasteiger partial charge on any atom is 0.222 e. The summed E-state index contributed by atoms with van der Waals surface area (Å²) < 4.78 is 1.98. The van der Waals surface area contributed by atoms with Crippen LogP contribution in [-0.2, 0) is 16.8 Å². The highest BCUT2D eigenvalue weighted by Crippen LogP contribution is 2.35. The zero-order valence-electron chi connectivity index (χ0n) is 16.9. The lowest BCUT2D eigenvalue weighted by atomic mass is 9.74. The summed E-state index contributed by atoms with van der Waals surface area (Å²) in [6, 6.07) is 10.7. The van der Waals surface area contributed by atoms with E-state index in [4.69, 9.17) is 5.73 Å². The van der Waals surface area contributed by atoms with Crippen LogP contribution in [0.25, 0.3) is 11.2 Å². The van der Waals surface area contributed by atoms with Crippen LogP contribution >= 0.6 is 0 Å². The van der Waals surface area contributed by atoms with E-state index in [0.29, 0.717) is 17.8 Å². The first-order chi connectivity index (χ1) is 14.1. The number of nitrogen functional groups attached to an aromatic ring is 1. The van der Waals surface area contributed by atoms with Crippen molar-refractivity contribution < 1.29 is 4.79 Å². The molecule has 152 valence electrons. The molecular weight excluding hydrogens is 364 g/mol. The molecule has 0 spiro atoms. The van der Waals surface area contributed by atoms with Crippen LogP contribution in [0.3, 0.4) is 0 Å². The number of nitrogens with two attached hydrogens (primary N) is 1. The molecule has 0 atom stereocenters. The summed E-state index contributed by atoms with van der Waals surface area (Å²) in [6.07, 6.45) is 7.58. The number of imidazole rings is 1. The SMILES string of the molecule is CC1(c2ccccc2)CCN(C(=O)CCCCn2cnc3c(N)ncnc32)CC1. The molecule has 1 aliphatic heterocycles. The average molecular weight is 393 g/mol. The van der Waals surface area contributed by atoms with E-state index < -0.39 is 0 Å². The zero-order valence-corrected chi connectivity index (χ0v) is 16.9. The molecule has 7 heteroatoms. The molecule has 1 fully saturated rings. The third kappa shape index (κ3) is 4.09. The Hall–Kier alpha value is -2.96. The largest absolute Gasteiger partial charge is 0.382 e. The molecule has 1 amide bonds. The van der Waals surface area contributed by atoms with Gasteiger partial charge >= 0.3 is 0 Å². The van der Waals surface area contributed by atoms with E-state index in [1.54, 1.807) is 6.33 Å². The van der Waals surface area contributed by atoms with Gasteiger partial charge in [0, 0.05) is 26.1 Å². The van der Waals surface area contributed by atoms with Gasteiger partial charge in [-0.3, -0.25) is 4.79 Å². The van der Waals surface area contributed by atoms with Crippen molar-refractivity contribution in [2.24, 2.45) is 0 Å². The highest BCUT2D eigenvalue weighted by atomic mass is 16.2. The van der Waals surface area contributed by atoms with Gasteiger partial charge in [0.05, 0.1) is 6.33 Å². The number of benzene rings is 1. The molecule has 2 aromatic heterocycles. The third-order valence-corrected chi connectivity index (χ3v) is 6.16. The van der Waals surface area contributed by atoms with Gasteiger partial charge in [-0.2, -0.15) is 0 Å². The standard InChI is InChI=1S/C22H28N6O/c1-22(17-7-3-2-4-8-17)10-13-27(14-11-22)18(29)9-5-6-12-28-16-26-19-20(23)24-15-25-21(19)28/h2-4,7-8,15-16H,5-6,9-14H2,1H3,(H2,23,24,25). The number of unbranched alkanes of at least 4 members (excludes halogenated alkanes) is 1. The molecular formula is C22H28N6O. The van der Waals surface area contributed by atoms with E-state index in [1.807, 2.05) is 9.47 Å². The number of likely N-dealkylation sites (tertiary alicyclic amines) is 1. The van der Waals surface area contributed by atoms with Crippen LogP contribution in [0.4, 0.5) is 5.82 Å². The Morgan fingerprint density at radius 2 is 1.86 bits per heavy atom. The first kappa shape index (κ1) is 19.4. The number of aryl methyl sites for hydroxylation is 1. The molecule has 0 unspecified atom stereocenters. The lowest BCUT2D eigenvalue weighted by Crippen LogP contribution is -2.43. The second-order valence-corrected chi connectivity index (χ2v) is 8.13. The van der Waals surface area contributed by atoms with Gasteiger partial charge in [0.2, 0.25) is 5.91 Å². The fourth-order valence-electron chi connectivity index (χ4n) is 4.16. The quantitative estimate of drug-likeness (QED) is 0.651. The van der Waals surface area contributed by atoms with Gasteiger partial charge in [-0.05, 0) is 36.7 Å². The van der Waals surface area contributed by atoms with Crippen molar-refractivity contribution in [2.75, 3.05) is 18.8 Å². The van der Waals surface area contributed by atoms with E-state index in [0.717, 1.165) is 51.0 Å². The van der Waals surface area contributed by atoms with Crippen molar-refractivity contribution in [3.63, 3.8) is 0 Å². The molecule has 0 bridgehead atoms. The van der Waals surface area contributed by atoms with Crippen LogP contribution in [0, 0.1) is 0 Å². The molecule has 1 aromatic carbocycles. The lowest BCUT2D eigenvalue weighted by Gasteiger charge is -2.40. The van der Waals surface area contributed by atoms with Gasteiger partial charge in [0.25, 0.3) is 0 Å². The summed E-state index contributed by atoms with van der Waals surface area (Å²) in [5, 5.41) is 0. The third-order valence-electron chi connectivity index (χ3n) is 6.16. The van der Waals surface area contributed by atoms with Gasteiger partial charge in [0.1, 0.15) is 11.8 Å².